The quantitative estimate of drug-likeness (QED) is 0.229. The molecule has 0 saturated heterocycles. The highest BCUT2D eigenvalue weighted by atomic mass is 32.2. The van der Waals surface area contributed by atoms with Gasteiger partial charge in [0.2, 0.25) is 0 Å². The molecule has 0 radical (unpaired) electrons. The van der Waals surface area contributed by atoms with Gasteiger partial charge in [0.1, 0.15) is 11.8 Å². The smallest absolute Gasteiger partial charge is 0.338 e. The van der Waals surface area contributed by atoms with E-state index in [2.05, 4.69) is 0 Å². The van der Waals surface area contributed by atoms with Crippen LogP contribution in [0.15, 0.2) is 99.1 Å². The molecule has 0 aliphatic carbocycles. The third-order valence-corrected chi connectivity index (χ3v) is 8.01. The van der Waals surface area contributed by atoms with Gasteiger partial charge in [0.05, 0.1) is 28.5 Å². The maximum atomic E-state index is 13.9. The van der Waals surface area contributed by atoms with Gasteiger partial charge >= 0.3 is 5.97 Å². The van der Waals surface area contributed by atoms with Crippen LogP contribution in [0, 0.1) is 11.3 Å². The fourth-order valence-electron chi connectivity index (χ4n) is 4.47. The Bertz CT molecular complexity index is 1780. The van der Waals surface area contributed by atoms with E-state index in [0.29, 0.717) is 26.4 Å². The van der Waals surface area contributed by atoms with Crippen LogP contribution >= 0.6 is 23.1 Å². The van der Waals surface area contributed by atoms with Gasteiger partial charge in [-0.25, -0.2) is 9.79 Å². The first-order valence-electron chi connectivity index (χ1n) is 12.6. The van der Waals surface area contributed by atoms with Crippen molar-refractivity contribution in [2.24, 2.45) is 4.99 Å². The number of nitrogens with zero attached hydrogens (tertiary/aromatic N) is 3. The predicted octanol–water partition coefficient (Wildman–Crippen LogP) is 4.56. The minimum Gasteiger partial charge on any atom is -0.479 e. The zero-order valence-electron chi connectivity index (χ0n) is 21.9. The van der Waals surface area contributed by atoms with Gasteiger partial charge in [0, 0.05) is 10.5 Å². The van der Waals surface area contributed by atoms with Crippen LogP contribution in [-0.2, 0) is 9.53 Å². The van der Waals surface area contributed by atoms with Gasteiger partial charge < -0.3 is 9.47 Å². The second kappa shape index (κ2) is 12.2. The molecule has 0 N–H and O–H groups in total. The minimum absolute atomic E-state index is 0.0393. The summed E-state index contributed by atoms with van der Waals surface area (Å²) >= 11 is 2.89. The lowest BCUT2D eigenvalue weighted by molar-refractivity contribution is -0.138. The Labute approximate surface area is 239 Å². The van der Waals surface area contributed by atoms with Crippen molar-refractivity contribution in [2.45, 2.75) is 17.9 Å². The summed E-state index contributed by atoms with van der Waals surface area (Å²) in [5.41, 5.74) is 2.91. The maximum Gasteiger partial charge on any atom is 0.338 e. The van der Waals surface area contributed by atoms with Gasteiger partial charge in [-0.15, -0.1) is 11.8 Å². The molecule has 0 unspecified atom stereocenters. The van der Waals surface area contributed by atoms with E-state index in [0.717, 1.165) is 21.6 Å². The molecule has 0 amide bonds. The van der Waals surface area contributed by atoms with Crippen LogP contribution in [0.1, 0.15) is 29.7 Å². The molecule has 200 valence electrons. The fourth-order valence-corrected chi connectivity index (χ4v) is 5.88. The van der Waals surface area contributed by atoms with Crippen molar-refractivity contribution in [2.75, 3.05) is 19.5 Å². The lowest BCUT2D eigenvalue weighted by Gasteiger charge is -2.26. The largest absolute Gasteiger partial charge is 0.479 e. The van der Waals surface area contributed by atoms with Crippen molar-refractivity contribution in [1.29, 1.82) is 5.26 Å². The summed E-state index contributed by atoms with van der Waals surface area (Å²) in [5.74, 6) is 0.0618. The van der Waals surface area contributed by atoms with Crippen LogP contribution in [0.25, 0.3) is 11.8 Å². The Morgan fingerprint density at radius 2 is 1.82 bits per heavy atom. The third-order valence-electron chi connectivity index (χ3n) is 6.29. The molecule has 4 aromatic rings. The Hall–Kier alpha value is -4.39. The number of ether oxygens (including phenoxy) is 2. The maximum absolute atomic E-state index is 13.9. The summed E-state index contributed by atoms with van der Waals surface area (Å²) in [6.07, 6.45) is 3.79. The third kappa shape index (κ3) is 5.50. The Morgan fingerprint density at radius 3 is 2.48 bits per heavy atom. The van der Waals surface area contributed by atoms with Gasteiger partial charge in [-0.1, -0.05) is 65.9 Å². The van der Waals surface area contributed by atoms with Crippen LogP contribution in [0.3, 0.4) is 0 Å². The molecule has 9 heteroatoms. The first-order valence-corrected chi connectivity index (χ1v) is 14.6. The normalized spacial score (nSPS) is 14.7. The van der Waals surface area contributed by atoms with Gasteiger partial charge in [0.25, 0.3) is 5.56 Å². The number of thiazole rings is 1. The number of esters is 1. The number of benzene rings is 3. The Kier molecular flexibility index (Phi) is 8.29. The van der Waals surface area contributed by atoms with E-state index in [1.165, 1.54) is 11.3 Å². The molecule has 1 aliphatic heterocycles. The number of rotatable bonds is 8. The van der Waals surface area contributed by atoms with Gasteiger partial charge in [-0.3, -0.25) is 9.36 Å². The van der Waals surface area contributed by atoms with Crippen molar-refractivity contribution in [3.05, 3.63) is 121 Å². The molecule has 0 saturated carbocycles. The molecule has 0 bridgehead atoms. The minimum atomic E-state index is -0.717. The standard InChI is InChI=1S/C31H25N3O4S2/c1-3-37-30(36)26-27(21-7-5-4-6-8-21)33-31-34(28(26)22-11-15-24(39-2)16-12-22)29(35)25(40-31)19-20-9-13-23(14-10-20)38-18-17-32/h4-16,19,28H,3,18H2,1-2H3/b25-19-/t28-/m1/s1. The topological polar surface area (TPSA) is 93.7 Å². The summed E-state index contributed by atoms with van der Waals surface area (Å²) in [5, 5.41) is 8.73. The molecule has 0 spiro atoms. The highest BCUT2D eigenvalue weighted by Gasteiger charge is 2.35. The fraction of sp³-hybridized carbons (Fsp3) is 0.161. The van der Waals surface area contributed by atoms with Crippen molar-refractivity contribution in [1.82, 2.24) is 4.57 Å². The highest BCUT2D eigenvalue weighted by Crippen LogP contribution is 2.35. The van der Waals surface area contributed by atoms with Crippen molar-refractivity contribution in [3.63, 3.8) is 0 Å². The van der Waals surface area contributed by atoms with Crippen molar-refractivity contribution >= 4 is 40.8 Å². The number of hydrogen-bond acceptors (Lipinski definition) is 8. The molecule has 0 fully saturated rings. The van der Waals surface area contributed by atoms with E-state index in [1.54, 1.807) is 41.5 Å². The number of carbonyl (C=O) groups excluding carboxylic acids is 1. The number of aromatic nitrogens is 1. The lowest BCUT2D eigenvalue weighted by Crippen LogP contribution is -2.40. The summed E-state index contributed by atoms with van der Waals surface area (Å²) < 4.78 is 12.9. The monoisotopic (exact) mass is 567 g/mol. The molecule has 40 heavy (non-hydrogen) atoms. The highest BCUT2D eigenvalue weighted by molar-refractivity contribution is 7.98. The summed E-state index contributed by atoms with van der Waals surface area (Å²) in [6, 6.07) is 25.7. The van der Waals surface area contributed by atoms with E-state index in [1.807, 2.05) is 79.1 Å². The summed E-state index contributed by atoms with van der Waals surface area (Å²) in [6.45, 7) is 1.91. The second-order valence-corrected chi connectivity index (χ2v) is 10.6. The molecule has 1 aliphatic rings. The zero-order valence-corrected chi connectivity index (χ0v) is 23.5. The molecule has 2 heterocycles. The average Bonchev–Trinajstić information content (AvgIpc) is 3.30. The number of nitriles is 1. The van der Waals surface area contributed by atoms with E-state index < -0.39 is 12.0 Å². The molecular weight excluding hydrogens is 542 g/mol. The number of fused-ring (bicyclic) bond motifs is 1. The SMILES string of the molecule is CCOC(=O)C1=C(c2ccccc2)N=c2s/c(=C\c3ccc(OCC#N)cc3)c(=O)n2[C@@H]1c1ccc(SC)cc1. The number of thioether (sulfide) groups is 1. The molecular formula is C31H25N3O4S2. The van der Waals surface area contributed by atoms with E-state index in [9.17, 15) is 9.59 Å². The number of hydrogen-bond donors (Lipinski definition) is 0. The van der Waals surface area contributed by atoms with Gasteiger partial charge in [-0.05, 0) is 54.6 Å². The van der Waals surface area contributed by atoms with Crippen molar-refractivity contribution in [3.8, 4) is 11.8 Å². The predicted molar refractivity (Wildman–Crippen MR) is 157 cm³/mol. The first-order chi connectivity index (χ1) is 19.5. The summed E-state index contributed by atoms with van der Waals surface area (Å²) in [4.78, 5) is 33.9. The summed E-state index contributed by atoms with van der Waals surface area (Å²) in [7, 11) is 0. The zero-order chi connectivity index (χ0) is 28.1. The van der Waals surface area contributed by atoms with Crippen LogP contribution in [0.4, 0.5) is 0 Å². The van der Waals surface area contributed by atoms with Gasteiger partial charge in [-0.2, -0.15) is 5.26 Å². The molecule has 7 nitrogen and oxygen atoms in total. The van der Waals surface area contributed by atoms with Crippen LogP contribution in [-0.4, -0.2) is 30.0 Å². The van der Waals surface area contributed by atoms with E-state index in [4.69, 9.17) is 19.7 Å². The molecule has 1 aromatic heterocycles. The Balaban J connectivity index is 1.73. The average molecular weight is 568 g/mol. The molecule has 1 atom stereocenters. The first kappa shape index (κ1) is 27.2. The molecule has 3 aromatic carbocycles. The van der Waals surface area contributed by atoms with Crippen molar-refractivity contribution < 1.29 is 14.3 Å². The lowest BCUT2D eigenvalue weighted by atomic mass is 9.93. The van der Waals surface area contributed by atoms with Crippen LogP contribution in [0.2, 0.25) is 0 Å². The van der Waals surface area contributed by atoms with Crippen LogP contribution in [0.5, 0.6) is 5.75 Å². The number of carbonyl (C=O) groups is 1. The van der Waals surface area contributed by atoms with E-state index in [-0.39, 0.29) is 18.8 Å². The van der Waals surface area contributed by atoms with E-state index >= 15 is 0 Å². The van der Waals surface area contributed by atoms with Gasteiger partial charge in [0.15, 0.2) is 11.4 Å². The Morgan fingerprint density at radius 1 is 1.10 bits per heavy atom. The van der Waals surface area contributed by atoms with Crippen LogP contribution < -0.4 is 19.6 Å². The molecule has 5 rings (SSSR count). The second-order valence-electron chi connectivity index (χ2n) is 8.72.